The second-order valence-electron chi connectivity index (χ2n) is 7.32. The van der Waals surface area contributed by atoms with Crippen molar-refractivity contribution in [3.63, 3.8) is 0 Å². The summed E-state index contributed by atoms with van der Waals surface area (Å²) in [5, 5.41) is 6.91. The van der Waals surface area contributed by atoms with Crippen molar-refractivity contribution in [3.8, 4) is 0 Å². The third-order valence-corrected chi connectivity index (χ3v) is 5.60. The van der Waals surface area contributed by atoms with Gasteiger partial charge in [-0.15, -0.1) is 0 Å². The molecule has 27 heavy (non-hydrogen) atoms. The molecule has 7 nitrogen and oxygen atoms in total. The maximum Gasteiger partial charge on any atom is 0.235 e. The minimum absolute atomic E-state index is 0.144. The topological polar surface area (TPSA) is 84.7 Å². The van der Waals surface area contributed by atoms with Gasteiger partial charge < -0.3 is 14.6 Å². The van der Waals surface area contributed by atoms with Crippen LogP contribution in [0.15, 0.2) is 53.1 Å². The van der Waals surface area contributed by atoms with E-state index in [4.69, 9.17) is 9.26 Å². The van der Waals surface area contributed by atoms with E-state index in [1.807, 2.05) is 42.5 Å². The summed E-state index contributed by atoms with van der Waals surface area (Å²) in [6.45, 7) is 2.54. The molecular weight excluding hydrogens is 346 g/mol. The number of rotatable bonds is 4. The highest BCUT2D eigenvalue weighted by molar-refractivity contribution is 6.02. The second kappa shape index (κ2) is 5.79. The quantitative estimate of drug-likeness (QED) is 0.832. The van der Waals surface area contributed by atoms with Crippen LogP contribution in [0.5, 0.6) is 0 Å². The lowest BCUT2D eigenvalue weighted by atomic mass is 9.77. The molecule has 0 saturated carbocycles. The van der Waals surface area contributed by atoms with Crippen molar-refractivity contribution in [2.24, 2.45) is 11.8 Å². The maximum atomic E-state index is 13.1. The zero-order valence-electron chi connectivity index (χ0n) is 14.8. The first-order valence-corrected chi connectivity index (χ1v) is 9.01. The van der Waals surface area contributed by atoms with Gasteiger partial charge in [-0.1, -0.05) is 47.6 Å². The molecule has 1 aromatic carbocycles. The van der Waals surface area contributed by atoms with Crippen molar-refractivity contribution in [2.75, 3.05) is 11.4 Å². The van der Waals surface area contributed by atoms with Crippen molar-refractivity contribution in [1.29, 1.82) is 0 Å². The minimum atomic E-state index is -0.761. The fraction of sp³-hybridized carbons (Fsp3) is 0.350. The zero-order chi connectivity index (χ0) is 18.6. The number of fused-ring (bicyclic) bond motifs is 1. The highest BCUT2D eigenvalue weighted by atomic mass is 16.5. The standard InChI is InChI=1S/C20H19N3O4/c1-12-9-15(22-27-12)23-11-20-8-7-14(26-20)16(17(20)19(23)25)18(24)21-10-13-5-3-2-4-6-13/h2-9,14,16-17H,10-11H2,1H3,(H,21,24)/t14-,16?,17?,20?/m1/s1. The summed E-state index contributed by atoms with van der Waals surface area (Å²) in [6.07, 6.45) is 3.46. The number of nitrogens with one attached hydrogen (secondary N) is 1. The van der Waals surface area contributed by atoms with Crippen molar-refractivity contribution < 1.29 is 18.8 Å². The number of hydrogen-bond donors (Lipinski definition) is 1. The minimum Gasteiger partial charge on any atom is -0.360 e. The van der Waals surface area contributed by atoms with Crippen LogP contribution < -0.4 is 10.2 Å². The molecule has 1 aromatic heterocycles. The number of anilines is 1. The molecular formula is C20H19N3O4. The molecule has 3 unspecified atom stereocenters. The Bertz CT molecular complexity index is 938. The van der Waals surface area contributed by atoms with E-state index >= 15 is 0 Å². The van der Waals surface area contributed by atoms with Crippen molar-refractivity contribution in [1.82, 2.24) is 10.5 Å². The van der Waals surface area contributed by atoms with Crippen molar-refractivity contribution in [3.05, 3.63) is 59.9 Å². The van der Waals surface area contributed by atoms with Gasteiger partial charge in [0.05, 0.1) is 24.5 Å². The van der Waals surface area contributed by atoms with E-state index in [9.17, 15) is 9.59 Å². The van der Waals surface area contributed by atoms with E-state index in [1.165, 1.54) is 0 Å². The Morgan fingerprint density at radius 2 is 2.19 bits per heavy atom. The Kier molecular flexibility index (Phi) is 3.48. The van der Waals surface area contributed by atoms with Crippen LogP contribution in [0.2, 0.25) is 0 Å². The average Bonchev–Trinajstić information content (AvgIpc) is 3.42. The zero-order valence-corrected chi connectivity index (χ0v) is 14.8. The molecule has 1 N–H and O–H groups in total. The van der Waals surface area contributed by atoms with Gasteiger partial charge in [-0.2, -0.15) is 0 Å². The smallest absolute Gasteiger partial charge is 0.235 e. The average molecular weight is 365 g/mol. The molecule has 2 aromatic rings. The molecule has 4 heterocycles. The lowest BCUT2D eigenvalue weighted by Gasteiger charge is -2.23. The molecule has 2 fully saturated rings. The largest absolute Gasteiger partial charge is 0.360 e. The highest BCUT2D eigenvalue weighted by Crippen LogP contribution is 2.52. The van der Waals surface area contributed by atoms with Crippen LogP contribution in [-0.2, 0) is 20.9 Å². The molecule has 2 bridgehead atoms. The maximum absolute atomic E-state index is 13.1. The van der Waals surface area contributed by atoms with Gasteiger partial charge in [0.25, 0.3) is 0 Å². The lowest BCUT2D eigenvalue weighted by molar-refractivity contribution is -0.132. The summed E-state index contributed by atoms with van der Waals surface area (Å²) in [7, 11) is 0. The fourth-order valence-corrected chi connectivity index (χ4v) is 4.37. The van der Waals surface area contributed by atoms with Crippen LogP contribution in [0.3, 0.4) is 0 Å². The van der Waals surface area contributed by atoms with E-state index in [0.717, 1.165) is 5.56 Å². The van der Waals surface area contributed by atoms with E-state index in [-0.39, 0.29) is 17.9 Å². The van der Waals surface area contributed by atoms with E-state index in [2.05, 4.69) is 10.5 Å². The molecule has 2 saturated heterocycles. The van der Waals surface area contributed by atoms with Crippen molar-refractivity contribution in [2.45, 2.75) is 25.2 Å². The highest BCUT2D eigenvalue weighted by Gasteiger charge is 2.67. The van der Waals surface area contributed by atoms with Gasteiger partial charge >= 0.3 is 0 Å². The molecule has 3 aliphatic rings. The summed E-state index contributed by atoms with van der Waals surface area (Å²) in [5.41, 5.74) is 0.251. The SMILES string of the molecule is Cc1cc(N2CC34C=C[C@@H](O3)C(C(=O)NCc3ccccc3)C4C2=O)no1. The van der Waals surface area contributed by atoms with Crippen LogP contribution >= 0.6 is 0 Å². The second-order valence-corrected chi connectivity index (χ2v) is 7.32. The summed E-state index contributed by atoms with van der Waals surface area (Å²) in [5.74, 6) is -0.290. The Balaban J connectivity index is 1.38. The van der Waals surface area contributed by atoms with Crippen LogP contribution in [0.1, 0.15) is 11.3 Å². The summed E-state index contributed by atoms with van der Waals surface area (Å²) < 4.78 is 11.2. The first kappa shape index (κ1) is 16.3. The monoisotopic (exact) mass is 365 g/mol. The van der Waals surface area contributed by atoms with Gasteiger partial charge in [-0.25, -0.2) is 0 Å². The molecule has 0 radical (unpaired) electrons. The lowest BCUT2D eigenvalue weighted by Crippen LogP contribution is -2.44. The Morgan fingerprint density at radius 1 is 1.37 bits per heavy atom. The summed E-state index contributed by atoms with van der Waals surface area (Å²) in [4.78, 5) is 27.6. The molecule has 0 aliphatic carbocycles. The molecule has 7 heteroatoms. The van der Waals surface area contributed by atoms with Crippen LogP contribution in [-0.4, -0.2) is 35.2 Å². The molecule has 138 valence electrons. The number of aromatic nitrogens is 1. The predicted molar refractivity (Wildman–Crippen MR) is 95.6 cm³/mol. The van der Waals surface area contributed by atoms with E-state index in [1.54, 1.807) is 17.9 Å². The number of nitrogens with zero attached hydrogens (tertiary/aromatic N) is 2. The van der Waals surface area contributed by atoms with Crippen molar-refractivity contribution >= 4 is 17.6 Å². The van der Waals surface area contributed by atoms with Crippen LogP contribution in [0.25, 0.3) is 0 Å². The Morgan fingerprint density at radius 3 is 2.93 bits per heavy atom. The molecule has 2 amide bonds. The molecule has 4 atom stereocenters. The van der Waals surface area contributed by atoms with Crippen LogP contribution in [0, 0.1) is 18.8 Å². The third kappa shape index (κ3) is 2.42. The molecule has 5 rings (SSSR count). The van der Waals surface area contributed by atoms with Crippen LogP contribution in [0.4, 0.5) is 5.82 Å². The van der Waals surface area contributed by atoms with Gasteiger partial charge in [-0.05, 0) is 12.5 Å². The summed E-state index contributed by atoms with van der Waals surface area (Å²) in [6, 6.07) is 11.4. The van der Waals surface area contributed by atoms with Gasteiger partial charge in [0.2, 0.25) is 11.8 Å². The number of carbonyl (C=O) groups excluding carboxylic acids is 2. The number of carbonyl (C=O) groups is 2. The third-order valence-electron chi connectivity index (χ3n) is 5.60. The molecule has 3 aliphatic heterocycles. The van der Waals surface area contributed by atoms with Gasteiger partial charge in [0.15, 0.2) is 5.82 Å². The first-order valence-electron chi connectivity index (χ1n) is 9.01. The number of aryl methyl sites for hydroxylation is 1. The number of amides is 2. The normalized spacial score (nSPS) is 30.8. The number of ether oxygens (including phenoxy) is 1. The first-order chi connectivity index (χ1) is 13.1. The Hall–Kier alpha value is -2.93. The predicted octanol–water partition coefficient (Wildman–Crippen LogP) is 1.59. The van der Waals surface area contributed by atoms with E-state index in [0.29, 0.717) is 24.7 Å². The summed E-state index contributed by atoms with van der Waals surface area (Å²) >= 11 is 0. The number of benzene rings is 1. The Labute approximate surface area is 156 Å². The van der Waals surface area contributed by atoms with Gasteiger partial charge in [-0.3, -0.25) is 14.5 Å². The van der Waals surface area contributed by atoms with Gasteiger partial charge in [0, 0.05) is 12.6 Å². The van der Waals surface area contributed by atoms with Gasteiger partial charge in [0.1, 0.15) is 11.4 Å². The van der Waals surface area contributed by atoms with E-state index < -0.39 is 17.4 Å². The fourth-order valence-electron chi connectivity index (χ4n) is 4.37. The number of hydrogen-bond acceptors (Lipinski definition) is 5. The molecule has 1 spiro atoms.